The van der Waals surface area contributed by atoms with Crippen molar-refractivity contribution >= 4 is 34.8 Å². The van der Waals surface area contributed by atoms with Crippen LogP contribution in [0.3, 0.4) is 0 Å². The fraction of sp³-hybridized carbons (Fsp3) is 0.222. The maximum atomic E-state index is 13.2. The molecule has 4 nitrogen and oxygen atoms in total. The Hall–Kier alpha value is -2.47. The van der Waals surface area contributed by atoms with Crippen LogP contribution in [0.15, 0.2) is 36.4 Å². The van der Waals surface area contributed by atoms with Gasteiger partial charge in [-0.05, 0) is 43.2 Å². The highest BCUT2D eigenvalue weighted by atomic mass is 35.5. The lowest BCUT2D eigenvalue weighted by Gasteiger charge is -2.09. The number of benzene rings is 2. The van der Waals surface area contributed by atoms with Gasteiger partial charge in [-0.3, -0.25) is 9.59 Å². The number of hydrogen-bond acceptors (Lipinski definition) is 2. The summed E-state index contributed by atoms with van der Waals surface area (Å²) in [6.07, 6.45) is 0.404. The van der Waals surface area contributed by atoms with Crippen LogP contribution >= 0.6 is 11.6 Å². The van der Waals surface area contributed by atoms with Crippen molar-refractivity contribution in [2.75, 3.05) is 10.6 Å². The number of carbonyl (C=O) groups excluding carboxylic acids is 2. The molecule has 1 aliphatic carbocycles. The zero-order valence-electron chi connectivity index (χ0n) is 13.3. The molecule has 1 saturated carbocycles. The van der Waals surface area contributed by atoms with Gasteiger partial charge in [-0.25, -0.2) is 8.78 Å². The lowest BCUT2D eigenvalue weighted by Crippen LogP contribution is -2.21. The van der Waals surface area contributed by atoms with Crippen molar-refractivity contribution in [3.05, 3.63) is 58.6 Å². The minimum Gasteiger partial charge on any atom is -0.326 e. The molecule has 1 aliphatic rings. The second kappa shape index (κ2) is 6.80. The Labute approximate surface area is 148 Å². The van der Waals surface area contributed by atoms with Crippen molar-refractivity contribution in [3.8, 4) is 0 Å². The Morgan fingerprint density at radius 1 is 1.00 bits per heavy atom. The lowest BCUT2D eigenvalue weighted by atomic mass is 10.2. The maximum Gasteiger partial charge on any atom is 0.228 e. The van der Waals surface area contributed by atoms with Crippen molar-refractivity contribution in [2.24, 2.45) is 11.8 Å². The van der Waals surface area contributed by atoms with Gasteiger partial charge in [0.2, 0.25) is 11.8 Å². The Bertz CT molecular complexity index is 857. The first-order valence-corrected chi connectivity index (χ1v) is 8.06. The quantitative estimate of drug-likeness (QED) is 0.856. The summed E-state index contributed by atoms with van der Waals surface area (Å²) in [5.41, 5.74) is 1.62. The summed E-state index contributed by atoms with van der Waals surface area (Å²) in [7, 11) is 0. The van der Waals surface area contributed by atoms with E-state index in [2.05, 4.69) is 10.6 Å². The molecule has 0 radical (unpaired) electrons. The fourth-order valence-electron chi connectivity index (χ4n) is 2.54. The van der Waals surface area contributed by atoms with E-state index in [9.17, 15) is 18.4 Å². The maximum absolute atomic E-state index is 13.2. The van der Waals surface area contributed by atoms with Crippen LogP contribution in [0.25, 0.3) is 0 Å². The molecular weight excluding hydrogens is 350 g/mol. The first-order chi connectivity index (χ1) is 11.8. The number of aryl methyl sites for hydroxylation is 1. The molecule has 25 heavy (non-hydrogen) atoms. The number of hydrogen-bond donors (Lipinski definition) is 2. The van der Waals surface area contributed by atoms with E-state index in [1.54, 1.807) is 18.2 Å². The molecule has 2 N–H and O–H groups in total. The molecule has 0 aromatic heterocycles. The molecule has 0 heterocycles. The van der Waals surface area contributed by atoms with Crippen LogP contribution < -0.4 is 10.6 Å². The molecule has 0 bridgehead atoms. The predicted octanol–water partition coefficient (Wildman–Crippen LogP) is 4.14. The van der Waals surface area contributed by atoms with Gasteiger partial charge in [0.25, 0.3) is 0 Å². The van der Waals surface area contributed by atoms with E-state index in [0.717, 1.165) is 17.7 Å². The van der Waals surface area contributed by atoms with Crippen LogP contribution in [0.5, 0.6) is 0 Å². The van der Waals surface area contributed by atoms with Crippen molar-refractivity contribution in [3.63, 3.8) is 0 Å². The van der Waals surface area contributed by atoms with Crippen molar-refractivity contribution in [1.82, 2.24) is 0 Å². The monoisotopic (exact) mass is 364 g/mol. The summed E-state index contributed by atoms with van der Waals surface area (Å²) in [5, 5.41) is 5.76. The summed E-state index contributed by atoms with van der Waals surface area (Å²) in [6, 6.07) is 8.26. The summed E-state index contributed by atoms with van der Waals surface area (Å²) >= 11 is 5.92. The minimum absolute atomic E-state index is 0.153. The van der Waals surface area contributed by atoms with Gasteiger partial charge in [0.15, 0.2) is 11.6 Å². The number of rotatable bonds is 4. The highest BCUT2D eigenvalue weighted by molar-refractivity contribution is 6.31. The van der Waals surface area contributed by atoms with E-state index < -0.39 is 29.4 Å². The highest BCUT2D eigenvalue weighted by Crippen LogP contribution is 2.40. The minimum atomic E-state index is -1.04. The standard InChI is InChI=1S/C18H15ClF2N2O2/c1-9-2-3-10(19)6-16(9)23-18(25)13-8-12(13)17(24)22-11-4-5-14(20)15(21)7-11/h2-7,12-13H,8H2,1H3,(H,22,24)(H,23,25). The molecular formula is C18H15ClF2N2O2. The van der Waals surface area contributed by atoms with Crippen molar-refractivity contribution in [2.45, 2.75) is 13.3 Å². The Morgan fingerprint density at radius 3 is 2.36 bits per heavy atom. The van der Waals surface area contributed by atoms with Crippen LogP contribution in [0.1, 0.15) is 12.0 Å². The Balaban J connectivity index is 1.59. The molecule has 130 valence electrons. The molecule has 2 amide bonds. The van der Waals surface area contributed by atoms with E-state index in [1.165, 1.54) is 6.07 Å². The summed E-state index contributed by atoms with van der Waals surface area (Å²) < 4.78 is 26.1. The first kappa shape index (κ1) is 17.4. The summed E-state index contributed by atoms with van der Waals surface area (Å²) in [5.74, 6) is -3.64. The van der Waals surface area contributed by atoms with Gasteiger partial charge in [-0.2, -0.15) is 0 Å². The Morgan fingerprint density at radius 2 is 1.68 bits per heavy atom. The fourth-order valence-corrected chi connectivity index (χ4v) is 2.71. The molecule has 1 fully saturated rings. The van der Waals surface area contributed by atoms with E-state index >= 15 is 0 Å². The normalized spacial score (nSPS) is 18.6. The molecule has 7 heteroatoms. The van der Waals surface area contributed by atoms with Gasteiger partial charge in [-0.15, -0.1) is 0 Å². The number of carbonyl (C=O) groups is 2. The van der Waals surface area contributed by atoms with Gasteiger partial charge in [0.1, 0.15) is 0 Å². The van der Waals surface area contributed by atoms with Crippen LogP contribution in [0, 0.1) is 30.4 Å². The number of anilines is 2. The third kappa shape index (κ3) is 3.96. The molecule has 0 aliphatic heterocycles. The average Bonchev–Trinajstić information content (AvgIpc) is 3.35. The van der Waals surface area contributed by atoms with E-state index in [4.69, 9.17) is 11.6 Å². The SMILES string of the molecule is Cc1ccc(Cl)cc1NC(=O)C1CC1C(=O)Nc1ccc(F)c(F)c1. The van der Waals surface area contributed by atoms with Gasteiger partial charge < -0.3 is 10.6 Å². The smallest absolute Gasteiger partial charge is 0.228 e. The number of nitrogens with one attached hydrogen (secondary N) is 2. The second-order valence-corrected chi connectivity index (χ2v) is 6.45. The first-order valence-electron chi connectivity index (χ1n) is 7.68. The van der Waals surface area contributed by atoms with Crippen LogP contribution in [-0.4, -0.2) is 11.8 Å². The number of amides is 2. The highest BCUT2D eigenvalue weighted by Gasteiger charge is 2.48. The van der Waals surface area contributed by atoms with Crippen molar-refractivity contribution in [1.29, 1.82) is 0 Å². The zero-order chi connectivity index (χ0) is 18.1. The van der Waals surface area contributed by atoms with E-state index in [0.29, 0.717) is 17.1 Å². The molecule has 0 saturated heterocycles. The van der Waals surface area contributed by atoms with Crippen LogP contribution in [0.2, 0.25) is 5.02 Å². The van der Waals surface area contributed by atoms with Crippen LogP contribution in [-0.2, 0) is 9.59 Å². The zero-order valence-corrected chi connectivity index (χ0v) is 14.0. The second-order valence-electron chi connectivity index (χ2n) is 6.02. The van der Waals surface area contributed by atoms with E-state index in [1.807, 2.05) is 6.92 Å². The molecule has 2 atom stereocenters. The summed E-state index contributed by atoms with van der Waals surface area (Å²) in [4.78, 5) is 24.4. The molecule has 0 spiro atoms. The van der Waals surface area contributed by atoms with Gasteiger partial charge in [0.05, 0.1) is 11.8 Å². The number of halogens is 3. The molecule has 2 unspecified atom stereocenters. The largest absolute Gasteiger partial charge is 0.326 e. The van der Waals surface area contributed by atoms with Gasteiger partial charge in [-0.1, -0.05) is 17.7 Å². The third-order valence-corrected chi connectivity index (χ3v) is 4.34. The topological polar surface area (TPSA) is 58.2 Å². The van der Waals surface area contributed by atoms with Crippen LogP contribution in [0.4, 0.5) is 20.2 Å². The predicted molar refractivity (Wildman–Crippen MR) is 91.4 cm³/mol. The molecule has 2 aromatic rings. The van der Waals surface area contributed by atoms with E-state index in [-0.39, 0.29) is 11.6 Å². The summed E-state index contributed by atoms with van der Waals surface area (Å²) in [6.45, 7) is 1.84. The third-order valence-electron chi connectivity index (χ3n) is 4.11. The molecule has 3 rings (SSSR count). The van der Waals surface area contributed by atoms with Gasteiger partial charge >= 0.3 is 0 Å². The van der Waals surface area contributed by atoms with Crippen molar-refractivity contribution < 1.29 is 18.4 Å². The lowest BCUT2D eigenvalue weighted by molar-refractivity contribution is -0.122. The average molecular weight is 365 g/mol. The van der Waals surface area contributed by atoms with Gasteiger partial charge in [0, 0.05) is 22.5 Å². The Kier molecular flexibility index (Phi) is 4.72. The molecule has 2 aromatic carbocycles.